The van der Waals surface area contributed by atoms with E-state index >= 15 is 0 Å². The number of nitrogens with zero attached hydrogens (tertiary/aromatic N) is 5. The van der Waals surface area contributed by atoms with Crippen molar-refractivity contribution >= 4 is 0 Å². The Morgan fingerprint density at radius 3 is 2.89 bits per heavy atom. The van der Waals surface area contributed by atoms with Gasteiger partial charge in [0.05, 0.1) is 17.3 Å². The summed E-state index contributed by atoms with van der Waals surface area (Å²) in [6.07, 6.45) is 1.90. The van der Waals surface area contributed by atoms with Crippen molar-refractivity contribution in [1.29, 1.82) is 5.26 Å². The number of aryl methyl sites for hydroxylation is 1. The van der Waals surface area contributed by atoms with Gasteiger partial charge in [0.2, 0.25) is 0 Å². The van der Waals surface area contributed by atoms with E-state index in [2.05, 4.69) is 21.3 Å². The molecule has 0 atom stereocenters. The van der Waals surface area contributed by atoms with Gasteiger partial charge in [-0.2, -0.15) is 5.26 Å². The molecule has 1 aromatic carbocycles. The van der Waals surface area contributed by atoms with Crippen molar-refractivity contribution in [2.24, 2.45) is 7.05 Å². The maximum absolute atomic E-state index is 8.85. The third-order valence-corrected chi connectivity index (χ3v) is 2.59. The Morgan fingerprint density at radius 2 is 2.22 bits per heavy atom. The normalized spacial score (nSPS) is 10.6. The van der Waals surface area contributed by atoms with E-state index < -0.39 is 0 Å². The van der Waals surface area contributed by atoms with Gasteiger partial charge in [0.15, 0.2) is 0 Å². The van der Waals surface area contributed by atoms with Crippen molar-refractivity contribution in [1.82, 2.24) is 19.9 Å². The number of benzene rings is 1. The Labute approximate surface area is 106 Å². The summed E-state index contributed by atoms with van der Waals surface area (Å²) in [4.78, 5) is 2.14. The van der Waals surface area contributed by atoms with Crippen LogP contribution in [0.15, 0.2) is 30.5 Å². The molecule has 18 heavy (non-hydrogen) atoms. The molecule has 0 saturated carbocycles. The molecule has 0 unspecified atom stereocenters. The number of rotatable bonds is 4. The van der Waals surface area contributed by atoms with Crippen LogP contribution in [-0.4, -0.2) is 26.9 Å². The molecule has 0 fully saturated rings. The van der Waals surface area contributed by atoms with Crippen LogP contribution in [0.4, 0.5) is 0 Å². The van der Waals surface area contributed by atoms with E-state index in [1.807, 2.05) is 44.6 Å². The van der Waals surface area contributed by atoms with Gasteiger partial charge in [-0.1, -0.05) is 17.3 Å². The molecule has 2 rings (SSSR count). The number of nitriles is 1. The smallest absolute Gasteiger partial charge is 0.0991 e. The molecule has 0 aliphatic rings. The minimum Gasteiger partial charge on any atom is -0.296 e. The van der Waals surface area contributed by atoms with Gasteiger partial charge in [-0.15, -0.1) is 5.10 Å². The second-order valence-corrected chi connectivity index (χ2v) is 4.37. The van der Waals surface area contributed by atoms with E-state index in [1.54, 1.807) is 4.68 Å². The second kappa shape index (κ2) is 5.43. The van der Waals surface area contributed by atoms with E-state index in [9.17, 15) is 0 Å². The Bertz CT molecular complexity index is 567. The lowest BCUT2D eigenvalue weighted by molar-refractivity contribution is 0.315. The lowest BCUT2D eigenvalue weighted by Crippen LogP contribution is -2.17. The van der Waals surface area contributed by atoms with Crippen LogP contribution >= 0.6 is 0 Å². The fourth-order valence-corrected chi connectivity index (χ4v) is 1.85. The van der Waals surface area contributed by atoms with Gasteiger partial charge in [-0.25, -0.2) is 0 Å². The third kappa shape index (κ3) is 3.15. The Morgan fingerprint density at radius 1 is 1.39 bits per heavy atom. The standard InChI is InChI=1S/C13H15N5/c1-17(9-13-10-18(2)16-15-13)8-12-5-3-4-11(6-12)7-14/h3-6,10H,8-9H2,1-2H3. The maximum Gasteiger partial charge on any atom is 0.0991 e. The highest BCUT2D eigenvalue weighted by molar-refractivity contribution is 5.32. The lowest BCUT2D eigenvalue weighted by atomic mass is 10.1. The minimum absolute atomic E-state index is 0.695. The van der Waals surface area contributed by atoms with Crippen molar-refractivity contribution in [3.8, 4) is 6.07 Å². The zero-order valence-electron chi connectivity index (χ0n) is 10.5. The van der Waals surface area contributed by atoms with Crippen LogP contribution in [-0.2, 0) is 20.1 Å². The van der Waals surface area contributed by atoms with Crippen LogP contribution in [0.1, 0.15) is 16.8 Å². The molecule has 0 aliphatic heterocycles. The molecule has 0 amide bonds. The minimum atomic E-state index is 0.695. The average molecular weight is 241 g/mol. The molecule has 5 heteroatoms. The predicted molar refractivity (Wildman–Crippen MR) is 67.3 cm³/mol. The molecule has 5 nitrogen and oxygen atoms in total. The quantitative estimate of drug-likeness (QED) is 0.810. The Hall–Kier alpha value is -2.19. The number of hydrogen-bond donors (Lipinski definition) is 0. The summed E-state index contributed by atoms with van der Waals surface area (Å²) in [6.45, 7) is 1.52. The van der Waals surface area contributed by atoms with Gasteiger partial charge in [-0.05, 0) is 24.7 Å². The summed E-state index contributed by atoms with van der Waals surface area (Å²) in [5.74, 6) is 0. The maximum atomic E-state index is 8.85. The fourth-order valence-electron chi connectivity index (χ4n) is 1.85. The van der Waals surface area contributed by atoms with E-state index in [0.29, 0.717) is 5.56 Å². The van der Waals surface area contributed by atoms with Crippen LogP contribution in [0.5, 0.6) is 0 Å². The van der Waals surface area contributed by atoms with E-state index in [-0.39, 0.29) is 0 Å². The molecule has 0 radical (unpaired) electrons. The lowest BCUT2D eigenvalue weighted by Gasteiger charge is -2.14. The molecule has 0 N–H and O–H groups in total. The van der Waals surface area contributed by atoms with Gasteiger partial charge in [0.25, 0.3) is 0 Å². The summed E-state index contributed by atoms with van der Waals surface area (Å²) >= 11 is 0. The summed E-state index contributed by atoms with van der Waals surface area (Å²) in [6, 6.07) is 9.80. The molecule has 1 aromatic heterocycles. The summed E-state index contributed by atoms with van der Waals surface area (Å²) in [5, 5.41) is 16.8. The van der Waals surface area contributed by atoms with Crippen LogP contribution in [0.25, 0.3) is 0 Å². The van der Waals surface area contributed by atoms with Crippen LogP contribution < -0.4 is 0 Å². The highest BCUT2D eigenvalue weighted by Gasteiger charge is 2.05. The first-order valence-corrected chi connectivity index (χ1v) is 5.70. The zero-order chi connectivity index (χ0) is 13.0. The van der Waals surface area contributed by atoms with Crippen molar-refractivity contribution in [3.05, 3.63) is 47.3 Å². The van der Waals surface area contributed by atoms with Gasteiger partial charge in [-0.3, -0.25) is 9.58 Å². The molecule has 0 spiro atoms. The van der Waals surface area contributed by atoms with E-state index in [1.165, 1.54) is 0 Å². The molecular formula is C13H15N5. The molecule has 2 aromatic rings. The van der Waals surface area contributed by atoms with Crippen molar-refractivity contribution in [3.63, 3.8) is 0 Å². The largest absolute Gasteiger partial charge is 0.296 e. The highest BCUT2D eigenvalue weighted by Crippen LogP contribution is 2.08. The van der Waals surface area contributed by atoms with Gasteiger partial charge in [0.1, 0.15) is 0 Å². The Balaban J connectivity index is 1.98. The van der Waals surface area contributed by atoms with Crippen molar-refractivity contribution in [2.45, 2.75) is 13.1 Å². The van der Waals surface area contributed by atoms with E-state index in [4.69, 9.17) is 5.26 Å². The second-order valence-electron chi connectivity index (χ2n) is 4.37. The third-order valence-electron chi connectivity index (χ3n) is 2.59. The summed E-state index contributed by atoms with van der Waals surface area (Å²) in [5.41, 5.74) is 2.76. The van der Waals surface area contributed by atoms with Crippen LogP contribution in [0, 0.1) is 11.3 Å². The molecule has 1 heterocycles. The van der Waals surface area contributed by atoms with Crippen LogP contribution in [0.2, 0.25) is 0 Å². The molecule has 0 aliphatic carbocycles. The van der Waals surface area contributed by atoms with Crippen LogP contribution in [0.3, 0.4) is 0 Å². The first-order chi connectivity index (χ1) is 8.67. The van der Waals surface area contributed by atoms with Gasteiger partial charge in [0, 0.05) is 26.3 Å². The summed E-state index contributed by atoms with van der Waals surface area (Å²) < 4.78 is 1.69. The molecule has 92 valence electrons. The average Bonchev–Trinajstić information content (AvgIpc) is 2.74. The molecule has 0 saturated heterocycles. The van der Waals surface area contributed by atoms with Gasteiger partial charge < -0.3 is 0 Å². The topological polar surface area (TPSA) is 57.7 Å². The highest BCUT2D eigenvalue weighted by atomic mass is 15.4. The first kappa shape index (κ1) is 12.3. The van der Waals surface area contributed by atoms with Crippen molar-refractivity contribution < 1.29 is 0 Å². The molecular weight excluding hydrogens is 226 g/mol. The SMILES string of the molecule is CN(Cc1cccc(C#N)c1)Cc1cn(C)nn1. The fraction of sp³-hybridized carbons (Fsp3) is 0.308. The monoisotopic (exact) mass is 241 g/mol. The molecule has 0 bridgehead atoms. The zero-order valence-corrected chi connectivity index (χ0v) is 10.5. The first-order valence-electron chi connectivity index (χ1n) is 5.70. The number of hydrogen-bond acceptors (Lipinski definition) is 4. The van der Waals surface area contributed by atoms with Crippen molar-refractivity contribution in [2.75, 3.05) is 7.05 Å². The Kier molecular flexibility index (Phi) is 3.70. The predicted octanol–water partition coefficient (Wildman–Crippen LogP) is 1.32. The number of aromatic nitrogens is 3. The summed E-state index contributed by atoms with van der Waals surface area (Å²) in [7, 11) is 3.88. The van der Waals surface area contributed by atoms with Gasteiger partial charge >= 0.3 is 0 Å². The van der Waals surface area contributed by atoms with E-state index in [0.717, 1.165) is 24.3 Å².